The summed E-state index contributed by atoms with van der Waals surface area (Å²) < 4.78 is 0. The van der Waals surface area contributed by atoms with Gasteiger partial charge >= 0.3 is 86.6 Å². The summed E-state index contributed by atoms with van der Waals surface area (Å²) in [5.41, 5.74) is 0. The van der Waals surface area contributed by atoms with E-state index in [0.717, 1.165) is 0 Å². The summed E-state index contributed by atoms with van der Waals surface area (Å²) >= 11 is 0. The molecule has 36 valence electrons. The molecule has 0 aromatic heterocycles. The zero-order valence-corrected chi connectivity index (χ0v) is 6.97. The quantitative estimate of drug-likeness (QED) is 0.410. The van der Waals surface area contributed by atoms with E-state index in [1.165, 1.54) is 0 Å². The van der Waals surface area contributed by atoms with Gasteiger partial charge in [0.15, 0.2) is 0 Å². The average molecular weight is 256 g/mol. The van der Waals surface area contributed by atoms with Crippen LogP contribution >= 0.6 is 0 Å². The summed E-state index contributed by atoms with van der Waals surface area (Å²) in [5, 5.41) is 0. The minimum Gasteiger partial charge on any atom is -2.00 e. The van der Waals surface area contributed by atoms with Crippen LogP contribution < -0.4 is 18.9 Å². The van der Waals surface area contributed by atoms with Crippen molar-refractivity contribution in [2.75, 3.05) is 0 Å². The SMILES string of the molecule is [Cu+2].[Fe+2].[Li+].[Mn+2].[Ni+2].[O-2]. The smallest absolute Gasteiger partial charge is 2.00 e. The molecule has 0 aliphatic carbocycles. The second-order valence-corrected chi connectivity index (χ2v) is 0. The third kappa shape index (κ3) is 30.5. The van der Waals surface area contributed by atoms with Gasteiger partial charge in [-0.05, 0) is 0 Å². The predicted molar refractivity (Wildman–Crippen MR) is 0.686 cm³/mol. The van der Waals surface area contributed by atoms with E-state index in [1.807, 2.05) is 0 Å². The van der Waals surface area contributed by atoms with Crippen molar-refractivity contribution >= 4 is 0 Å². The summed E-state index contributed by atoms with van der Waals surface area (Å²) in [6.45, 7) is 0. The Balaban J connectivity index is 0. The van der Waals surface area contributed by atoms with E-state index in [9.17, 15) is 0 Å². The first-order valence-corrected chi connectivity index (χ1v) is 0. The molecule has 2 radical (unpaired) electrons. The second-order valence-electron chi connectivity index (χ2n) is 0. The van der Waals surface area contributed by atoms with Crippen molar-refractivity contribution in [1.82, 2.24) is 0 Å². The fourth-order valence-corrected chi connectivity index (χ4v) is 0. The first-order valence-electron chi connectivity index (χ1n) is 0. The Morgan fingerprint density at radius 2 is 1.00 bits per heavy atom. The zero-order valence-electron chi connectivity index (χ0n) is 2.76. The molecule has 1 nitrogen and oxygen atoms in total. The van der Waals surface area contributed by atoms with Crippen LogP contribution in [0.4, 0.5) is 0 Å². The summed E-state index contributed by atoms with van der Waals surface area (Å²) in [7, 11) is 0. The van der Waals surface area contributed by atoms with Gasteiger partial charge in [0.1, 0.15) is 0 Å². The fraction of sp³-hybridized carbons (Fsp3) is 0. The molecule has 0 aromatic carbocycles. The van der Waals surface area contributed by atoms with Crippen LogP contribution in [0, 0.1) is 0 Å². The third-order valence-electron chi connectivity index (χ3n) is 0. The van der Waals surface area contributed by atoms with Crippen LogP contribution in [0.5, 0.6) is 0 Å². The second kappa shape index (κ2) is 48.8. The maximum absolute atomic E-state index is 0. The molecular weight excluding hydrogens is 256 g/mol. The minimum absolute atomic E-state index is 0. The molecular formula is CuFeLiMnNiO+7. The molecule has 0 N–H and O–H groups in total. The Hall–Kier alpha value is 2.61. The Labute approximate surface area is 91.0 Å². The number of hydrogen-bond donors (Lipinski definition) is 0. The molecule has 0 rings (SSSR count). The molecule has 0 aromatic rings. The van der Waals surface area contributed by atoms with Gasteiger partial charge in [0.25, 0.3) is 0 Å². The topological polar surface area (TPSA) is 28.5 Å². The molecule has 0 atom stereocenters. The molecule has 0 aliphatic heterocycles. The molecule has 0 heterocycles. The van der Waals surface area contributed by atoms with Crippen LogP contribution in [-0.4, -0.2) is 0 Å². The van der Waals surface area contributed by atoms with Crippen molar-refractivity contribution in [2.24, 2.45) is 0 Å². The maximum Gasteiger partial charge on any atom is 2.00 e. The molecule has 0 bridgehead atoms. The molecule has 0 unspecified atom stereocenters. The van der Waals surface area contributed by atoms with Crippen LogP contribution in [0.2, 0.25) is 0 Å². The number of hydrogen-bond acceptors (Lipinski definition) is 0. The van der Waals surface area contributed by atoms with E-state index in [2.05, 4.69) is 0 Å². The van der Waals surface area contributed by atoms with Crippen molar-refractivity contribution in [3.05, 3.63) is 0 Å². The first-order chi connectivity index (χ1) is 0. The molecule has 0 aliphatic rings. The van der Waals surface area contributed by atoms with Gasteiger partial charge in [0, 0.05) is 0 Å². The van der Waals surface area contributed by atoms with E-state index in [-0.39, 0.29) is 92.0 Å². The Kier molecular flexibility index (Phi) is 596. The van der Waals surface area contributed by atoms with Crippen molar-refractivity contribution < 1.29 is 92.0 Å². The standard InChI is InChI=1S/Cu.Fe.Li.Mn.Ni.O/q2*+2;+1;2*+2;-2. The average Bonchev–Trinajstić information content (AvgIpc) is 0. The van der Waals surface area contributed by atoms with Gasteiger partial charge in [-0.15, -0.1) is 0 Å². The molecule has 0 saturated carbocycles. The third-order valence-corrected chi connectivity index (χ3v) is 0. The molecule has 0 amide bonds. The van der Waals surface area contributed by atoms with Gasteiger partial charge < -0.3 is 5.48 Å². The maximum atomic E-state index is 0. The monoisotopic (exact) mass is 255 g/mol. The Morgan fingerprint density at radius 1 is 1.00 bits per heavy atom. The molecule has 0 fully saturated rings. The van der Waals surface area contributed by atoms with E-state index < -0.39 is 0 Å². The van der Waals surface area contributed by atoms with Crippen LogP contribution in [0.15, 0.2) is 0 Å². The van der Waals surface area contributed by atoms with Crippen molar-refractivity contribution in [3.63, 3.8) is 0 Å². The summed E-state index contributed by atoms with van der Waals surface area (Å²) in [5.74, 6) is 0. The predicted octanol–water partition coefficient (Wildman–Crippen LogP) is -3.12. The van der Waals surface area contributed by atoms with Crippen LogP contribution in [0.25, 0.3) is 0 Å². The van der Waals surface area contributed by atoms with E-state index in [1.54, 1.807) is 0 Å². The van der Waals surface area contributed by atoms with Gasteiger partial charge in [-0.2, -0.15) is 0 Å². The minimum atomic E-state index is 0. The fourth-order valence-electron chi connectivity index (χ4n) is 0. The largest absolute Gasteiger partial charge is 2.00 e. The zero-order chi connectivity index (χ0) is 0. The van der Waals surface area contributed by atoms with Gasteiger partial charge in [-0.1, -0.05) is 0 Å². The van der Waals surface area contributed by atoms with Crippen LogP contribution in [0.3, 0.4) is 0 Å². The summed E-state index contributed by atoms with van der Waals surface area (Å²) in [6, 6.07) is 0. The summed E-state index contributed by atoms with van der Waals surface area (Å²) in [4.78, 5) is 0. The molecule has 6 heteroatoms. The van der Waals surface area contributed by atoms with Crippen molar-refractivity contribution in [3.8, 4) is 0 Å². The van der Waals surface area contributed by atoms with E-state index >= 15 is 0 Å². The van der Waals surface area contributed by atoms with Crippen LogP contribution in [0.1, 0.15) is 0 Å². The molecule has 6 heavy (non-hydrogen) atoms. The first kappa shape index (κ1) is 73.2. The van der Waals surface area contributed by atoms with E-state index in [4.69, 9.17) is 0 Å². The van der Waals surface area contributed by atoms with Gasteiger partial charge in [0.05, 0.1) is 0 Å². The molecule has 0 spiro atoms. The van der Waals surface area contributed by atoms with Crippen molar-refractivity contribution in [1.29, 1.82) is 0 Å². The van der Waals surface area contributed by atoms with Crippen LogP contribution in [-0.2, 0) is 73.2 Å². The summed E-state index contributed by atoms with van der Waals surface area (Å²) in [6.07, 6.45) is 0. The number of rotatable bonds is 0. The van der Waals surface area contributed by atoms with E-state index in [0.29, 0.717) is 0 Å². The Bertz CT molecular complexity index is 15.5. The normalized spacial score (nSPS) is 0. The van der Waals surface area contributed by atoms with Gasteiger partial charge in [-0.25, -0.2) is 0 Å². The van der Waals surface area contributed by atoms with Gasteiger partial charge in [0.2, 0.25) is 0 Å². The Morgan fingerprint density at radius 3 is 1.00 bits per heavy atom. The molecule has 0 saturated heterocycles. The van der Waals surface area contributed by atoms with Crippen molar-refractivity contribution in [2.45, 2.75) is 0 Å². The van der Waals surface area contributed by atoms with Gasteiger partial charge in [-0.3, -0.25) is 0 Å².